The molecule has 0 saturated heterocycles. The summed E-state index contributed by atoms with van der Waals surface area (Å²) in [5, 5.41) is 12.0. The van der Waals surface area contributed by atoms with E-state index in [4.69, 9.17) is 26.2 Å². The van der Waals surface area contributed by atoms with Crippen LogP contribution in [0.1, 0.15) is 20.7 Å². The van der Waals surface area contributed by atoms with Crippen LogP contribution in [-0.2, 0) is 0 Å². The molecule has 0 saturated carbocycles. The summed E-state index contributed by atoms with van der Waals surface area (Å²) in [7, 11) is 2.95. The third-order valence-corrected chi connectivity index (χ3v) is 3.34. The first kappa shape index (κ1) is 16.6. The molecule has 23 heavy (non-hydrogen) atoms. The standard InChI is InChI=1S/C16H14ClNO5/c1-22-13-6-3-9(7-14(13)23-2)15(19)18-12-8-10(17)4-5-11(12)16(20)21/h3-8H,1-2H3,(H,18,19)(H,20,21). The van der Waals surface area contributed by atoms with E-state index in [0.29, 0.717) is 22.1 Å². The quantitative estimate of drug-likeness (QED) is 0.875. The van der Waals surface area contributed by atoms with Gasteiger partial charge in [0.05, 0.1) is 25.5 Å². The van der Waals surface area contributed by atoms with Crippen molar-refractivity contribution in [3.8, 4) is 11.5 Å². The molecule has 2 N–H and O–H groups in total. The number of benzene rings is 2. The Balaban J connectivity index is 2.33. The lowest BCUT2D eigenvalue weighted by molar-refractivity contribution is 0.0698. The van der Waals surface area contributed by atoms with E-state index in [-0.39, 0.29) is 11.3 Å². The second kappa shape index (κ2) is 7.02. The molecule has 2 rings (SSSR count). The van der Waals surface area contributed by atoms with Crippen molar-refractivity contribution < 1.29 is 24.2 Å². The minimum Gasteiger partial charge on any atom is -0.493 e. The molecule has 2 aromatic rings. The van der Waals surface area contributed by atoms with E-state index in [1.54, 1.807) is 12.1 Å². The van der Waals surface area contributed by atoms with Gasteiger partial charge in [0.25, 0.3) is 5.91 Å². The maximum absolute atomic E-state index is 12.3. The molecule has 1 amide bonds. The number of methoxy groups -OCH3 is 2. The first-order valence-electron chi connectivity index (χ1n) is 6.52. The molecule has 7 heteroatoms. The van der Waals surface area contributed by atoms with Gasteiger partial charge in [0.15, 0.2) is 11.5 Å². The third kappa shape index (κ3) is 3.73. The van der Waals surface area contributed by atoms with Crippen LogP contribution in [0.3, 0.4) is 0 Å². The molecule has 0 aliphatic heterocycles. The number of carbonyl (C=O) groups excluding carboxylic acids is 1. The van der Waals surface area contributed by atoms with E-state index in [9.17, 15) is 9.59 Å². The summed E-state index contributed by atoms with van der Waals surface area (Å²) < 4.78 is 10.2. The normalized spacial score (nSPS) is 10.0. The summed E-state index contributed by atoms with van der Waals surface area (Å²) in [5.41, 5.74) is 0.354. The van der Waals surface area contributed by atoms with Gasteiger partial charge in [-0.15, -0.1) is 0 Å². The molecule has 0 spiro atoms. The minimum atomic E-state index is -1.16. The number of hydrogen-bond donors (Lipinski definition) is 2. The average molecular weight is 336 g/mol. The number of aromatic carboxylic acids is 1. The van der Waals surface area contributed by atoms with E-state index in [1.807, 2.05) is 0 Å². The summed E-state index contributed by atoms with van der Waals surface area (Å²) in [6.45, 7) is 0. The second-order valence-electron chi connectivity index (χ2n) is 4.52. The van der Waals surface area contributed by atoms with Crippen LogP contribution in [0.2, 0.25) is 5.02 Å². The van der Waals surface area contributed by atoms with E-state index >= 15 is 0 Å². The van der Waals surface area contributed by atoms with Gasteiger partial charge >= 0.3 is 5.97 Å². The van der Waals surface area contributed by atoms with Gasteiger partial charge in [0.1, 0.15) is 0 Å². The molecule has 0 atom stereocenters. The maximum Gasteiger partial charge on any atom is 0.337 e. The average Bonchev–Trinajstić information content (AvgIpc) is 2.53. The molecule has 0 bridgehead atoms. The topological polar surface area (TPSA) is 84.9 Å². The van der Waals surface area contributed by atoms with Crippen molar-refractivity contribution in [2.24, 2.45) is 0 Å². The van der Waals surface area contributed by atoms with Crippen molar-refractivity contribution in [2.45, 2.75) is 0 Å². The fourth-order valence-electron chi connectivity index (χ4n) is 1.98. The van der Waals surface area contributed by atoms with Crippen LogP contribution in [0.5, 0.6) is 11.5 Å². The van der Waals surface area contributed by atoms with Crippen LogP contribution >= 0.6 is 11.6 Å². The van der Waals surface area contributed by atoms with E-state index < -0.39 is 11.9 Å². The number of nitrogens with one attached hydrogen (secondary N) is 1. The number of carboxylic acid groups (broad SMARTS) is 1. The zero-order chi connectivity index (χ0) is 17.0. The van der Waals surface area contributed by atoms with Crippen molar-refractivity contribution in [2.75, 3.05) is 19.5 Å². The van der Waals surface area contributed by atoms with Crippen molar-refractivity contribution in [3.63, 3.8) is 0 Å². The van der Waals surface area contributed by atoms with E-state index in [2.05, 4.69) is 5.32 Å². The summed E-state index contributed by atoms with van der Waals surface area (Å²) >= 11 is 5.86. The molecule has 0 aliphatic carbocycles. The van der Waals surface area contributed by atoms with Crippen LogP contribution in [0.25, 0.3) is 0 Å². The number of rotatable bonds is 5. The molecule has 0 heterocycles. The summed E-state index contributed by atoms with van der Waals surface area (Å²) in [6.07, 6.45) is 0. The molecule has 0 fully saturated rings. The number of anilines is 1. The summed E-state index contributed by atoms with van der Waals surface area (Å²) in [5.74, 6) is -0.775. The van der Waals surface area contributed by atoms with E-state index in [1.165, 1.54) is 38.5 Å². The zero-order valence-corrected chi connectivity index (χ0v) is 13.2. The van der Waals surface area contributed by atoms with Crippen LogP contribution in [0, 0.1) is 0 Å². The fraction of sp³-hybridized carbons (Fsp3) is 0.125. The maximum atomic E-state index is 12.3. The highest BCUT2D eigenvalue weighted by Gasteiger charge is 2.15. The minimum absolute atomic E-state index is 0.0526. The zero-order valence-electron chi connectivity index (χ0n) is 12.4. The van der Waals surface area contributed by atoms with Crippen molar-refractivity contribution in [1.29, 1.82) is 0 Å². The molecule has 0 aliphatic rings. The lowest BCUT2D eigenvalue weighted by atomic mass is 10.1. The molecule has 6 nitrogen and oxygen atoms in total. The van der Waals surface area contributed by atoms with Crippen LogP contribution < -0.4 is 14.8 Å². The molecule has 120 valence electrons. The Morgan fingerprint density at radius 1 is 1.04 bits per heavy atom. The lowest BCUT2D eigenvalue weighted by Crippen LogP contribution is -2.15. The van der Waals surface area contributed by atoms with E-state index in [0.717, 1.165) is 0 Å². The van der Waals surface area contributed by atoms with Crippen molar-refractivity contribution in [3.05, 3.63) is 52.5 Å². The SMILES string of the molecule is COc1ccc(C(=O)Nc2cc(Cl)ccc2C(=O)O)cc1OC. The van der Waals surface area contributed by atoms with Crippen LogP contribution in [0.4, 0.5) is 5.69 Å². The van der Waals surface area contributed by atoms with Crippen LogP contribution in [0.15, 0.2) is 36.4 Å². The first-order chi connectivity index (χ1) is 11.0. The number of halogens is 1. The molecule has 0 aromatic heterocycles. The van der Waals surface area contributed by atoms with Gasteiger partial charge in [0, 0.05) is 10.6 Å². The van der Waals surface area contributed by atoms with Gasteiger partial charge in [0.2, 0.25) is 0 Å². The Morgan fingerprint density at radius 3 is 2.35 bits per heavy atom. The van der Waals surface area contributed by atoms with Gasteiger partial charge < -0.3 is 19.9 Å². The highest BCUT2D eigenvalue weighted by atomic mass is 35.5. The summed E-state index contributed by atoms with van der Waals surface area (Å²) in [6, 6.07) is 8.78. The Hall–Kier alpha value is -2.73. The van der Waals surface area contributed by atoms with Gasteiger partial charge in [-0.3, -0.25) is 4.79 Å². The predicted molar refractivity (Wildman–Crippen MR) is 85.9 cm³/mol. The highest BCUT2D eigenvalue weighted by Crippen LogP contribution is 2.28. The number of hydrogen-bond acceptors (Lipinski definition) is 4. The largest absolute Gasteiger partial charge is 0.493 e. The van der Waals surface area contributed by atoms with Gasteiger partial charge in [-0.05, 0) is 36.4 Å². The lowest BCUT2D eigenvalue weighted by Gasteiger charge is -2.11. The number of carboxylic acids is 1. The molecular weight excluding hydrogens is 322 g/mol. The number of amides is 1. The van der Waals surface area contributed by atoms with Gasteiger partial charge in [-0.2, -0.15) is 0 Å². The van der Waals surface area contributed by atoms with Crippen molar-refractivity contribution >= 4 is 29.2 Å². The number of ether oxygens (including phenoxy) is 2. The Morgan fingerprint density at radius 2 is 1.74 bits per heavy atom. The Labute approximate surface area is 137 Å². The first-order valence-corrected chi connectivity index (χ1v) is 6.90. The fourth-order valence-corrected chi connectivity index (χ4v) is 2.15. The molecule has 0 radical (unpaired) electrons. The van der Waals surface area contributed by atoms with Gasteiger partial charge in [-0.25, -0.2) is 4.79 Å². The molecule has 2 aromatic carbocycles. The smallest absolute Gasteiger partial charge is 0.337 e. The summed E-state index contributed by atoms with van der Waals surface area (Å²) in [4.78, 5) is 23.5. The monoisotopic (exact) mass is 335 g/mol. The van der Waals surface area contributed by atoms with Crippen LogP contribution in [-0.4, -0.2) is 31.2 Å². The molecular formula is C16H14ClNO5. The Kier molecular flexibility index (Phi) is 5.08. The third-order valence-electron chi connectivity index (χ3n) is 3.11. The van der Waals surface area contributed by atoms with Crippen molar-refractivity contribution in [1.82, 2.24) is 0 Å². The van der Waals surface area contributed by atoms with Gasteiger partial charge in [-0.1, -0.05) is 11.6 Å². The second-order valence-corrected chi connectivity index (χ2v) is 4.96. The highest BCUT2D eigenvalue weighted by molar-refractivity contribution is 6.31. The predicted octanol–water partition coefficient (Wildman–Crippen LogP) is 3.31. The Bertz CT molecular complexity index is 760. The number of carbonyl (C=O) groups is 2. The molecule has 0 unspecified atom stereocenters.